The first kappa shape index (κ1) is 32.7. The largest absolute Gasteiger partial charge is 0.482 e. The highest BCUT2D eigenvalue weighted by atomic mass is 16.6. The molecule has 11 nitrogen and oxygen atoms in total. The second kappa shape index (κ2) is 12.2. The number of pyridine rings is 1. The van der Waals surface area contributed by atoms with Gasteiger partial charge in [-0.1, -0.05) is 27.2 Å². The first-order chi connectivity index (χ1) is 21.2. The van der Waals surface area contributed by atoms with E-state index in [-0.39, 0.29) is 48.4 Å². The van der Waals surface area contributed by atoms with E-state index in [1.54, 1.807) is 37.5 Å². The highest BCUT2D eigenvalue weighted by molar-refractivity contribution is 5.69. The number of hydrogen-bond donors (Lipinski definition) is 1. The monoisotopic (exact) mass is 625 g/mol. The number of carbonyl (C=O) groups excluding carboxylic acids is 3. The first-order valence-electron chi connectivity index (χ1n) is 15.7. The molecule has 0 radical (unpaired) electrons. The standard InChI is InChI=1S/C34H43NO10/c1-7-8-11-27(38)44-25-12-13-32(4)24(33(25,5)18-41-19(2)36)16-26(42-20(3)37)34(6)30(32)29(39)28-23(45-34)15-22(43-31(28)40)21-10-9-14-35-17-21/h9-10,14-15,17,24-26,29-30,39H,7-8,11-13,16,18H2,1-6H3/t24-,25+,26+,29+,30-,32+,33+,34-/m1/s1. The van der Waals surface area contributed by atoms with E-state index in [0.717, 1.165) is 6.42 Å². The lowest BCUT2D eigenvalue weighted by molar-refractivity contribution is -0.271. The number of esters is 3. The molecule has 0 bridgehead atoms. The Bertz CT molecular complexity index is 1510. The molecule has 1 aliphatic heterocycles. The minimum absolute atomic E-state index is 0.0108. The number of ether oxygens (including phenoxy) is 4. The third kappa shape index (κ3) is 5.75. The molecule has 45 heavy (non-hydrogen) atoms. The molecule has 2 aromatic rings. The van der Waals surface area contributed by atoms with Crippen molar-refractivity contribution in [3.05, 3.63) is 46.6 Å². The number of aromatic nitrogens is 1. The quantitative estimate of drug-likeness (QED) is 0.314. The Morgan fingerprint density at radius 2 is 1.87 bits per heavy atom. The normalized spacial score (nSPS) is 33.4. The first-order valence-corrected chi connectivity index (χ1v) is 15.7. The molecule has 3 heterocycles. The van der Waals surface area contributed by atoms with Gasteiger partial charge in [0, 0.05) is 55.6 Å². The fourth-order valence-corrected chi connectivity index (χ4v) is 8.38. The Balaban J connectivity index is 1.62. The molecule has 2 saturated carbocycles. The van der Waals surface area contributed by atoms with Crippen molar-refractivity contribution in [3.63, 3.8) is 0 Å². The fraction of sp³-hybridized carbons (Fsp3) is 0.618. The predicted octanol–water partition coefficient (Wildman–Crippen LogP) is 4.93. The van der Waals surface area contributed by atoms with E-state index >= 15 is 0 Å². The lowest BCUT2D eigenvalue weighted by atomic mass is 9.42. The van der Waals surface area contributed by atoms with Crippen LogP contribution in [0.5, 0.6) is 5.75 Å². The molecule has 0 saturated heterocycles. The highest BCUT2D eigenvalue weighted by Gasteiger charge is 2.70. The third-order valence-electron chi connectivity index (χ3n) is 10.4. The number of aliphatic hydroxyl groups excluding tert-OH is 1. The summed E-state index contributed by atoms with van der Waals surface area (Å²) in [5.74, 6) is -2.09. The van der Waals surface area contributed by atoms with Gasteiger partial charge in [0.15, 0.2) is 0 Å². The van der Waals surface area contributed by atoms with Gasteiger partial charge in [0.05, 0.1) is 6.10 Å². The SMILES string of the molecule is CCCCC(=O)O[C@H]1CC[C@@]2(C)[C@@H](C[C@H](OC(C)=O)[C@@]3(C)Oc4cc(-c5cccnc5)oc(=O)c4[C@H](O)[C@H]23)[C@]1(C)COC(C)=O. The van der Waals surface area contributed by atoms with Gasteiger partial charge in [0.25, 0.3) is 0 Å². The van der Waals surface area contributed by atoms with Gasteiger partial charge in [-0.2, -0.15) is 0 Å². The lowest BCUT2D eigenvalue weighted by Crippen LogP contribution is -2.71. The maximum absolute atomic E-state index is 13.5. The number of nitrogens with zero attached hydrogens (tertiary/aromatic N) is 1. The Morgan fingerprint density at radius 1 is 1.11 bits per heavy atom. The van der Waals surface area contributed by atoms with Crippen LogP contribution in [-0.2, 0) is 28.6 Å². The van der Waals surface area contributed by atoms with E-state index in [2.05, 4.69) is 4.98 Å². The molecular formula is C34H43NO10. The van der Waals surface area contributed by atoms with Gasteiger partial charge in [-0.05, 0) is 56.1 Å². The van der Waals surface area contributed by atoms with Gasteiger partial charge in [-0.3, -0.25) is 19.4 Å². The van der Waals surface area contributed by atoms with E-state index in [9.17, 15) is 24.3 Å². The molecule has 2 aliphatic carbocycles. The van der Waals surface area contributed by atoms with Crippen LogP contribution in [0.15, 0.2) is 39.8 Å². The van der Waals surface area contributed by atoms with Gasteiger partial charge in [-0.25, -0.2) is 4.79 Å². The summed E-state index contributed by atoms with van der Waals surface area (Å²) in [6.07, 6.45) is 3.38. The van der Waals surface area contributed by atoms with Crippen LogP contribution in [-0.4, -0.2) is 52.4 Å². The van der Waals surface area contributed by atoms with Gasteiger partial charge >= 0.3 is 23.5 Å². The van der Waals surface area contributed by atoms with E-state index in [0.29, 0.717) is 24.8 Å². The van der Waals surface area contributed by atoms with Crippen molar-refractivity contribution in [2.24, 2.45) is 22.7 Å². The number of unbranched alkanes of at least 4 members (excludes halogenated alkanes) is 1. The average Bonchev–Trinajstić information content (AvgIpc) is 2.97. The summed E-state index contributed by atoms with van der Waals surface area (Å²) in [4.78, 5) is 55.1. The van der Waals surface area contributed by atoms with Crippen molar-refractivity contribution in [1.82, 2.24) is 4.98 Å². The van der Waals surface area contributed by atoms with Crippen LogP contribution in [0.25, 0.3) is 11.3 Å². The maximum atomic E-state index is 13.5. The van der Waals surface area contributed by atoms with Crippen LogP contribution in [0.2, 0.25) is 0 Å². The molecule has 0 unspecified atom stereocenters. The minimum Gasteiger partial charge on any atom is -0.482 e. The topological polar surface area (TPSA) is 151 Å². The van der Waals surface area contributed by atoms with E-state index in [1.165, 1.54) is 13.8 Å². The van der Waals surface area contributed by atoms with Crippen molar-refractivity contribution in [2.45, 2.75) is 104 Å². The van der Waals surface area contributed by atoms with Crippen molar-refractivity contribution >= 4 is 17.9 Å². The molecule has 2 aromatic heterocycles. The van der Waals surface area contributed by atoms with E-state index in [4.69, 9.17) is 23.4 Å². The van der Waals surface area contributed by atoms with Crippen LogP contribution in [0, 0.1) is 22.7 Å². The van der Waals surface area contributed by atoms with Crippen LogP contribution < -0.4 is 10.4 Å². The summed E-state index contributed by atoms with van der Waals surface area (Å²) in [5, 5.41) is 12.2. The molecule has 5 rings (SSSR count). The number of fused-ring (bicyclic) bond motifs is 4. The van der Waals surface area contributed by atoms with Crippen LogP contribution >= 0.6 is 0 Å². The predicted molar refractivity (Wildman–Crippen MR) is 161 cm³/mol. The lowest BCUT2D eigenvalue weighted by Gasteiger charge is -2.66. The maximum Gasteiger partial charge on any atom is 0.345 e. The second-order valence-corrected chi connectivity index (χ2v) is 13.4. The molecule has 11 heteroatoms. The van der Waals surface area contributed by atoms with Crippen molar-refractivity contribution in [1.29, 1.82) is 0 Å². The summed E-state index contributed by atoms with van der Waals surface area (Å²) in [5.41, 5.74) is -3.09. The number of aliphatic hydroxyl groups is 1. The summed E-state index contributed by atoms with van der Waals surface area (Å²) >= 11 is 0. The van der Waals surface area contributed by atoms with E-state index < -0.39 is 58.2 Å². The van der Waals surface area contributed by atoms with Gasteiger partial charge in [0.1, 0.15) is 41.5 Å². The zero-order valence-corrected chi connectivity index (χ0v) is 26.8. The molecule has 0 amide bonds. The number of rotatable bonds is 8. The van der Waals surface area contributed by atoms with Crippen LogP contribution in [0.4, 0.5) is 0 Å². The van der Waals surface area contributed by atoms with Gasteiger partial charge in [0.2, 0.25) is 0 Å². The fourth-order valence-electron chi connectivity index (χ4n) is 8.38. The summed E-state index contributed by atoms with van der Waals surface area (Å²) in [6.45, 7) is 10.3. The van der Waals surface area contributed by atoms with Crippen molar-refractivity contribution in [2.75, 3.05) is 6.61 Å². The molecule has 3 aliphatic rings. The van der Waals surface area contributed by atoms with Crippen molar-refractivity contribution < 1.29 is 42.9 Å². The summed E-state index contributed by atoms with van der Waals surface area (Å²) in [7, 11) is 0. The summed E-state index contributed by atoms with van der Waals surface area (Å²) in [6, 6.07) is 5.02. The second-order valence-electron chi connectivity index (χ2n) is 13.4. The Hall–Kier alpha value is -3.73. The molecule has 8 atom stereocenters. The van der Waals surface area contributed by atoms with Gasteiger partial charge < -0.3 is 28.5 Å². The highest BCUT2D eigenvalue weighted by Crippen LogP contribution is 2.67. The Morgan fingerprint density at radius 3 is 2.51 bits per heavy atom. The molecule has 1 N–H and O–H groups in total. The zero-order valence-electron chi connectivity index (χ0n) is 26.8. The Labute approximate surface area is 262 Å². The minimum atomic E-state index is -1.34. The number of carbonyl (C=O) groups is 3. The van der Waals surface area contributed by atoms with Crippen LogP contribution in [0.1, 0.15) is 91.7 Å². The zero-order chi connectivity index (χ0) is 32.7. The molecule has 0 spiro atoms. The van der Waals surface area contributed by atoms with Crippen LogP contribution in [0.3, 0.4) is 0 Å². The molecule has 2 fully saturated rings. The Kier molecular flexibility index (Phi) is 8.87. The molecule has 0 aromatic carbocycles. The average molecular weight is 626 g/mol. The van der Waals surface area contributed by atoms with E-state index in [1.807, 2.05) is 20.8 Å². The van der Waals surface area contributed by atoms with Gasteiger partial charge in [-0.15, -0.1) is 0 Å². The van der Waals surface area contributed by atoms with Crippen molar-refractivity contribution in [3.8, 4) is 17.1 Å². The molecule has 244 valence electrons. The third-order valence-corrected chi connectivity index (χ3v) is 10.4. The summed E-state index contributed by atoms with van der Waals surface area (Å²) < 4.78 is 30.0. The smallest absolute Gasteiger partial charge is 0.345 e. The molecular weight excluding hydrogens is 582 g/mol. The number of hydrogen-bond acceptors (Lipinski definition) is 11.